The number of nitrogens with zero attached hydrogens (tertiary/aromatic N) is 3. The molecule has 0 spiro atoms. The van der Waals surface area contributed by atoms with Crippen LogP contribution in [0.1, 0.15) is 36.3 Å². The molecule has 2 saturated heterocycles. The lowest BCUT2D eigenvalue weighted by Crippen LogP contribution is -2.31. The Morgan fingerprint density at radius 3 is 2.88 bits per heavy atom. The molecule has 0 radical (unpaired) electrons. The topological polar surface area (TPSA) is 60.8 Å². The van der Waals surface area contributed by atoms with Gasteiger partial charge < -0.3 is 29.0 Å². The van der Waals surface area contributed by atoms with Crippen molar-refractivity contribution in [2.75, 3.05) is 18.3 Å². The molecule has 2 fully saturated rings. The van der Waals surface area contributed by atoms with Gasteiger partial charge in [-0.3, -0.25) is 4.98 Å². The van der Waals surface area contributed by atoms with E-state index in [2.05, 4.69) is 38.1 Å². The van der Waals surface area contributed by atoms with Crippen LogP contribution in [0.2, 0.25) is 0 Å². The van der Waals surface area contributed by atoms with Crippen LogP contribution in [0.15, 0.2) is 60.9 Å². The number of fused-ring (bicyclic) bond motifs is 1. The van der Waals surface area contributed by atoms with E-state index in [9.17, 15) is 0 Å². The summed E-state index contributed by atoms with van der Waals surface area (Å²) in [6, 6.07) is 16.1. The van der Waals surface area contributed by atoms with Crippen molar-refractivity contribution in [3.63, 3.8) is 0 Å². The van der Waals surface area contributed by atoms with Crippen LogP contribution in [-0.2, 0) is 11.3 Å². The molecule has 2 aromatic heterocycles. The lowest BCUT2D eigenvalue weighted by molar-refractivity contribution is 0.0961. The SMILES string of the molecule is S=C1N[C@H](c2ccccn2)[C@H](c2cccn2C[C@@H]2CCCO2)N1c1ccc2c(c1)OCO2. The van der Waals surface area contributed by atoms with E-state index in [0.29, 0.717) is 5.11 Å². The molecule has 5 heterocycles. The average molecular weight is 449 g/mol. The van der Waals surface area contributed by atoms with Crippen LogP contribution >= 0.6 is 12.2 Å². The number of ether oxygens (including phenoxy) is 3. The average Bonchev–Trinajstić information content (AvgIpc) is 3.61. The van der Waals surface area contributed by atoms with Crippen molar-refractivity contribution in [3.8, 4) is 11.5 Å². The summed E-state index contributed by atoms with van der Waals surface area (Å²) in [6.07, 6.45) is 6.41. The third-order valence-corrected chi connectivity index (χ3v) is 6.64. The van der Waals surface area contributed by atoms with Crippen LogP contribution in [0.5, 0.6) is 11.5 Å². The molecule has 6 rings (SSSR count). The normalized spacial score (nSPS) is 24.2. The van der Waals surface area contributed by atoms with Gasteiger partial charge in [-0.2, -0.15) is 0 Å². The van der Waals surface area contributed by atoms with Crippen molar-refractivity contribution in [2.24, 2.45) is 0 Å². The molecule has 164 valence electrons. The van der Waals surface area contributed by atoms with E-state index in [1.54, 1.807) is 0 Å². The lowest BCUT2D eigenvalue weighted by atomic mass is 10.0. The quantitative estimate of drug-likeness (QED) is 0.593. The van der Waals surface area contributed by atoms with Gasteiger partial charge in [-0.25, -0.2) is 0 Å². The van der Waals surface area contributed by atoms with Gasteiger partial charge in [0.15, 0.2) is 16.6 Å². The van der Waals surface area contributed by atoms with Crippen LogP contribution in [0, 0.1) is 0 Å². The van der Waals surface area contributed by atoms with Gasteiger partial charge in [0.2, 0.25) is 6.79 Å². The Morgan fingerprint density at radius 2 is 2.03 bits per heavy atom. The molecule has 0 bridgehead atoms. The van der Waals surface area contributed by atoms with Crippen molar-refractivity contribution in [1.29, 1.82) is 0 Å². The van der Waals surface area contributed by atoms with E-state index < -0.39 is 0 Å². The first-order chi connectivity index (χ1) is 15.8. The molecule has 1 N–H and O–H groups in total. The van der Waals surface area contributed by atoms with Gasteiger partial charge in [-0.05, 0) is 61.5 Å². The first-order valence-corrected chi connectivity index (χ1v) is 11.4. The number of rotatable bonds is 5. The van der Waals surface area contributed by atoms with E-state index in [-0.39, 0.29) is 25.0 Å². The molecule has 3 aromatic rings. The van der Waals surface area contributed by atoms with Gasteiger partial charge in [0, 0.05) is 43.0 Å². The van der Waals surface area contributed by atoms with E-state index in [4.69, 9.17) is 26.4 Å². The van der Waals surface area contributed by atoms with Gasteiger partial charge in [-0.15, -0.1) is 0 Å². The largest absolute Gasteiger partial charge is 0.454 e. The maximum absolute atomic E-state index is 5.92. The maximum atomic E-state index is 5.92. The first-order valence-electron chi connectivity index (χ1n) is 10.9. The molecule has 0 unspecified atom stereocenters. The minimum Gasteiger partial charge on any atom is -0.454 e. The number of aromatic nitrogens is 2. The number of benzene rings is 1. The highest BCUT2D eigenvalue weighted by Gasteiger charge is 2.42. The Hall–Kier alpha value is -3.10. The predicted octanol–water partition coefficient (Wildman–Crippen LogP) is 3.97. The maximum Gasteiger partial charge on any atom is 0.231 e. The number of hydrogen-bond acceptors (Lipinski definition) is 5. The van der Waals surface area contributed by atoms with Crippen LogP contribution < -0.4 is 19.7 Å². The first kappa shape index (κ1) is 19.6. The van der Waals surface area contributed by atoms with Crippen molar-refractivity contribution < 1.29 is 14.2 Å². The second kappa shape index (κ2) is 8.11. The summed E-state index contributed by atoms with van der Waals surface area (Å²) < 4.78 is 19.4. The highest BCUT2D eigenvalue weighted by molar-refractivity contribution is 7.80. The third-order valence-electron chi connectivity index (χ3n) is 6.32. The molecule has 3 atom stereocenters. The minimum atomic E-state index is -0.0905. The predicted molar refractivity (Wildman–Crippen MR) is 124 cm³/mol. The van der Waals surface area contributed by atoms with Crippen molar-refractivity contribution in [2.45, 2.75) is 37.6 Å². The molecule has 32 heavy (non-hydrogen) atoms. The Labute approximate surface area is 191 Å². The van der Waals surface area contributed by atoms with Gasteiger partial charge in [0.25, 0.3) is 0 Å². The van der Waals surface area contributed by atoms with Crippen molar-refractivity contribution >= 4 is 23.0 Å². The Morgan fingerprint density at radius 1 is 1.09 bits per heavy atom. The standard InChI is InChI=1S/C24H24N4O3S/c32-24-26-22(18-6-1-2-10-25-18)23(19-7-3-11-27(19)14-17-5-4-12-29-17)28(24)16-8-9-20-21(13-16)31-15-30-20/h1-3,6-11,13,17,22-23H,4-5,12,14-15H2,(H,26,32)/t17-,22+,23-/m0/s1. The van der Waals surface area contributed by atoms with Crippen LogP contribution in [0.3, 0.4) is 0 Å². The fourth-order valence-corrected chi connectivity index (χ4v) is 5.18. The molecular weight excluding hydrogens is 424 g/mol. The summed E-state index contributed by atoms with van der Waals surface area (Å²) in [5, 5.41) is 4.19. The molecule has 0 aliphatic carbocycles. The number of hydrogen-bond donors (Lipinski definition) is 1. The van der Waals surface area contributed by atoms with Crippen molar-refractivity contribution in [1.82, 2.24) is 14.9 Å². The summed E-state index contributed by atoms with van der Waals surface area (Å²) in [7, 11) is 0. The Kier molecular flexibility index (Phi) is 4.96. The fourth-order valence-electron chi connectivity index (χ4n) is 4.84. The number of thiocarbonyl (C=S) groups is 1. The number of pyridine rings is 1. The van der Waals surface area contributed by atoms with E-state index in [1.807, 2.05) is 42.6 Å². The van der Waals surface area contributed by atoms with Gasteiger partial charge in [0.1, 0.15) is 6.04 Å². The molecule has 7 nitrogen and oxygen atoms in total. The zero-order chi connectivity index (χ0) is 21.5. The Bertz CT molecular complexity index is 1130. The van der Waals surface area contributed by atoms with Crippen LogP contribution in [0.25, 0.3) is 0 Å². The molecule has 0 saturated carbocycles. The van der Waals surface area contributed by atoms with E-state index in [1.165, 1.54) is 5.69 Å². The van der Waals surface area contributed by atoms with E-state index in [0.717, 1.165) is 48.9 Å². The van der Waals surface area contributed by atoms with Crippen molar-refractivity contribution in [3.05, 3.63) is 72.3 Å². The summed E-state index contributed by atoms with van der Waals surface area (Å²) in [4.78, 5) is 6.81. The third kappa shape index (κ3) is 3.40. The second-order valence-corrected chi connectivity index (χ2v) is 8.64. The fraction of sp³-hybridized carbons (Fsp3) is 0.333. The van der Waals surface area contributed by atoms with Crippen LogP contribution in [0.4, 0.5) is 5.69 Å². The zero-order valence-corrected chi connectivity index (χ0v) is 18.3. The number of nitrogens with one attached hydrogen (secondary N) is 1. The molecule has 8 heteroatoms. The molecule has 1 aromatic carbocycles. The summed E-state index contributed by atoms with van der Waals surface area (Å²) in [6.45, 7) is 1.91. The highest BCUT2D eigenvalue weighted by Crippen LogP contribution is 2.44. The van der Waals surface area contributed by atoms with E-state index >= 15 is 0 Å². The smallest absolute Gasteiger partial charge is 0.231 e. The minimum absolute atomic E-state index is 0.0748. The summed E-state index contributed by atoms with van der Waals surface area (Å²) >= 11 is 5.85. The molecule has 0 amide bonds. The zero-order valence-electron chi connectivity index (χ0n) is 17.5. The van der Waals surface area contributed by atoms with Gasteiger partial charge >= 0.3 is 0 Å². The van der Waals surface area contributed by atoms with Gasteiger partial charge in [0.05, 0.1) is 17.8 Å². The summed E-state index contributed by atoms with van der Waals surface area (Å²) in [5.41, 5.74) is 3.08. The molecule has 3 aliphatic heterocycles. The summed E-state index contributed by atoms with van der Waals surface area (Å²) in [5.74, 6) is 1.49. The monoisotopic (exact) mass is 448 g/mol. The second-order valence-electron chi connectivity index (χ2n) is 8.25. The van der Waals surface area contributed by atoms with Crippen LogP contribution in [-0.4, -0.2) is 34.2 Å². The Balaban J connectivity index is 1.43. The molecule has 3 aliphatic rings. The van der Waals surface area contributed by atoms with Gasteiger partial charge in [-0.1, -0.05) is 6.07 Å². The molecular formula is C24H24N4O3S. The number of anilines is 1. The highest BCUT2D eigenvalue weighted by atomic mass is 32.1. The lowest BCUT2D eigenvalue weighted by Gasteiger charge is -2.29.